The molecule has 1 spiro atoms. The minimum atomic E-state index is -1.23. The number of aryl methyl sites for hydroxylation is 2. The molecular formula is C42H55N3O8. The number of allylic oxidation sites excluding steroid dienone is 1. The predicted molar refractivity (Wildman–Crippen MR) is 202 cm³/mol. The fourth-order valence-electron chi connectivity index (χ4n) is 8.61. The maximum Gasteiger partial charge on any atom is 0.313 e. The number of para-hydroxylation sites is 1. The van der Waals surface area contributed by atoms with Crippen LogP contribution in [-0.2, 0) is 33.4 Å². The number of carbonyl (C=O) groups excluding carboxylic acids is 4. The lowest BCUT2D eigenvalue weighted by atomic mass is 9.70. The van der Waals surface area contributed by atoms with Crippen molar-refractivity contribution in [2.45, 2.75) is 95.1 Å². The van der Waals surface area contributed by atoms with E-state index in [1.54, 1.807) is 22.0 Å². The highest BCUT2D eigenvalue weighted by Crippen LogP contribution is 2.59. The number of ether oxygens (including phenoxy) is 3. The lowest BCUT2D eigenvalue weighted by Crippen LogP contribution is -2.56. The number of rotatable bonds is 20. The van der Waals surface area contributed by atoms with Gasteiger partial charge >= 0.3 is 5.97 Å². The van der Waals surface area contributed by atoms with Gasteiger partial charge in [0.1, 0.15) is 17.7 Å². The second-order valence-electron chi connectivity index (χ2n) is 14.4. The molecule has 2 aromatic carbocycles. The predicted octanol–water partition coefficient (Wildman–Crippen LogP) is 5.13. The number of amides is 3. The molecule has 0 unspecified atom stereocenters. The van der Waals surface area contributed by atoms with E-state index in [9.17, 15) is 19.5 Å². The fourth-order valence-corrected chi connectivity index (χ4v) is 8.61. The van der Waals surface area contributed by atoms with Gasteiger partial charge in [0.05, 0.1) is 30.6 Å². The summed E-state index contributed by atoms with van der Waals surface area (Å²) in [5.74, 6) is -3.29. The summed E-state index contributed by atoms with van der Waals surface area (Å²) >= 11 is 0. The summed E-state index contributed by atoms with van der Waals surface area (Å²) in [6.45, 7) is 12.3. The molecule has 0 saturated carbocycles. The third-order valence-corrected chi connectivity index (χ3v) is 10.9. The molecule has 2 bridgehead atoms. The number of hydrogen-bond donors (Lipinski definition) is 2. The molecule has 5 rings (SSSR count). The summed E-state index contributed by atoms with van der Waals surface area (Å²) in [6, 6.07) is 13.3. The first-order valence-electron chi connectivity index (χ1n) is 18.9. The van der Waals surface area contributed by atoms with Gasteiger partial charge in [0.25, 0.3) is 5.91 Å². The highest BCUT2D eigenvalue weighted by Gasteiger charge is 2.75. The molecule has 11 nitrogen and oxygen atoms in total. The van der Waals surface area contributed by atoms with E-state index in [4.69, 9.17) is 14.2 Å². The Morgan fingerprint density at radius 3 is 2.43 bits per heavy atom. The SMILES string of the molecule is C=CCCC(=O)N[C@@H](COC)[C@@H](OC(=O)[C@@H]1[C@@H]2CC[C@]3(O2)[C@H](C(=O)N(CC=C)c2c(C)cccc2C)N(CCCCCCO)C(=O)[C@@H]13)c1ccccc1. The van der Waals surface area contributed by atoms with E-state index < -0.39 is 47.7 Å². The number of carbonyl (C=O) groups is 4. The highest BCUT2D eigenvalue weighted by atomic mass is 16.6. The molecule has 0 aliphatic carbocycles. The minimum absolute atomic E-state index is 0.0711. The molecule has 2 aromatic rings. The molecule has 286 valence electrons. The largest absolute Gasteiger partial charge is 0.455 e. The summed E-state index contributed by atoms with van der Waals surface area (Å²) in [7, 11) is 1.52. The second-order valence-corrected chi connectivity index (χ2v) is 14.4. The Hall–Kier alpha value is -4.32. The van der Waals surface area contributed by atoms with Crippen molar-refractivity contribution in [2.75, 3.05) is 38.3 Å². The molecule has 7 atom stereocenters. The zero-order valence-corrected chi connectivity index (χ0v) is 31.3. The van der Waals surface area contributed by atoms with Gasteiger partial charge in [0, 0.05) is 38.9 Å². The van der Waals surface area contributed by atoms with Crippen molar-refractivity contribution in [2.24, 2.45) is 11.8 Å². The highest BCUT2D eigenvalue weighted by molar-refractivity contribution is 6.05. The molecule has 3 aliphatic heterocycles. The number of fused-ring (bicyclic) bond motifs is 1. The molecule has 2 N–H and O–H groups in total. The smallest absolute Gasteiger partial charge is 0.313 e. The van der Waals surface area contributed by atoms with Crippen molar-refractivity contribution in [3.8, 4) is 0 Å². The van der Waals surface area contributed by atoms with E-state index in [0.717, 1.165) is 29.7 Å². The zero-order chi connectivity index (χ0) is 38.1. The summed E-state index contributed by atoms with van der Waals surface area (Å²) in [6.07, 6.45) is 6.27. The minimum Gasteiger partial charge on any atom is -0.455 e. The van der Waals surface area contributed by atoms with Crippen molar-refractivity contribution in [3.63, 3.8) is 0 Å². The Balaban J connectivity index is 1.50. The van der Waals surface area contributed by atoms with Crippen molar-refractivity contribution in [3.05, 3.63) is 90.5 Å². The number of methoxy groups -OCH3 is 1. The monoisotopic (exact) mass is 729 g/mol. The average Bonchev–Trinajstić information content (AvgIpc) is 3.79. The van der Waals surface area contributed by atoms with E-state index in [1.807, 2.05) is 62.4 Å². The van der Waals surface area contributed by atoms with E-state index in [-0.39, 0.29) is 43.9 Å². The number of unbranched alkanes of at least 4 members (excludes halogenated alkanes) is 3. The van der Waals surface area contributed by atoms with Crippen LogP contribution in [0.3, 0.4) is 0 Å². The third-order valence-electron chi connectivity index (χ3n) is 10.9. The summed E-state index contributed by atoms with van der Waals surface area (Å²) in [5, 5.41) is 12.3. The van der Waals surface area contributed by atoms with Gasteiger partial charge in [-0.05, 0) is 62.6 Å². The van der Waals surface area contributed by atoms with Gasteiger partial charge in [0.15, 0.2) is 0 Å². The standard InChI is InChI=1S/C42H55N3O8/c1-6-8-21-33(47)43-31(27-51-5)37(30-19-12-11-13-20-30)52-41(50)34-32-22-23-42(53-32)35(34)39(48)45(25-14-9-10-15-26-46)38(42)40(49)44(24-7-2)36-28(3)17-16-18-29(36)4/h6-7,11-13,16-20,31-32,34-35,37-38,46H,1-2,8-10,14-15,21-27H2,3-5H3,(H,43,47)/t31-,32-,34+,35+,37-,38-,42+/m0/s1. The molecule has 11 heteroatoms. The van der Waals surface area contributed by atoms with Crippen molar-refractivity contribution in [1.29, 1.82) is 0 Å². The molecule has 0 radical (unpaired) electrons. The average molecular weight is 730 g/mol. The summed E-state index contributed by atoms with van der Waals surface area (Å²) in [4.78, 5) is 60.6. The van der Waals surface area contributed by atoms with Crippen molar-refractivity contribution < 1.29 is 38.5 Å². The van der Waals surface area contributed by atoms with Gasteiger partial charge in [-0.3, -0.25) is 19.2 Å². The van der Waals surface area contributed by atoms with Gasteiger partial charge < -0.3 is 34.4 Å². The number of benzene rings is 2. The van der Waals surface area contributed by atoms with Crippen LogP contribution >= 0.6 is 0 Å². The van der Waals surface area contributed by atoms with Crippen LogP contribution < -0.4 is 10.2 Å². The number of hydrogen-bond acceptors (Lipinski definition) is 8. The molecule has 3 aliphatic rings. The molecule has 3 saturated heterocycles. The van der Waals surface area contributed by atoms with Gasteiger partial charge in [-0.2, -0.15) is 0 Å². The number of likely N-dealkylation sites (tertiary alicyclic amines) is 1. The first kappa shape index (κ1) is 39.9. The summed E-state index contributed by atoms with van der Waals surface area (Å²) in [5.41, 5.74) is 2.04. The number of nitrogens with zero attached hydrogens (tertiary/aromatic N) is 2. The molecular weight excluding hydrogens is 674 g/mol. The molecule has 3 heterocycles. The van der Waals surface area contributed by atoms with E-state index in [1.165, 1.54) is 7.11 Å². The maximum atomic E-state index is 15.0. The molecule has 0 aromatic heterocycles. The van der Waals surface area contributed by atoms with Crippen LogP contribution in [0.5, 0.6) is 0 Å². The van der Waals surface area contributed by atoms with Gasteiger partial charge in [0.2, 0.25) is 11.8 Å². The van der Waals surface area contributed by atoms with Crippen LogP contribution in [0.4, 0.5) is 5.69 Å². The van der Waals surface area contributed by atoms with E-state index >= 15 is 4.79 Å². The van der Waals surface area contributed by atoms with Crippen LogP contribution in [0.15, 0.2) is 73.8 Å². The third kappa shape index (κ3) is 8.27. The van der Waals surface area contributed by atoms with Crippen LogP contribution in [0, 0.1) is 25.7 Å². The number of anilines is 1. The Bertz CT molecular complexity index is 1610. The van der Waals surface area contributed by atoms with Gasteiger partial charge in [-0.1, -0.05) is 73.5 Å². The number of nitrogens with one attached hydrogen (secondary N) is 1. The Kier molecular flexibility index (Phi) is 13.6. The number of aliphatic hydroxyl groups is 1. The van der Waals surface area contributed by atoms with Gasteiger partial charge in [-0.25, -0.2) is 0 Å². The second kappa shape index (κ2) is 18.1. The van der Waals surface area contributed by atoms with Gasteiger partial charge in [-0.15, -0.1) is 13.2 Å². The normalized spacial score (nSPS) is 24.0. The Morgan fingerprint density at radius 2 is 1.77 bits per heavy atom. The number of esters is 1. The Morgan fingerprint density at radius 1 is 1.06 bits per heavy atom. The first-order chi connectivity index (χ1) is 25.6. The first-order valence-corrected chi connectivity index (χ1v) is 18.9. The molecule has 53 heavy (non-hydrogen) atoms. The zero-order valence-electron chi connectivity index (χ0n) is 31.3. The molecule has 3 fully saturated rings. The van der Waals surface area contributed by atoms with Crippen LogP contribution in [-0.4, -0.2) is 90.9 Å². The number of aliphatic hydroxyl groups excluding tert-OH is 1. The summed E-state index contributed by atoms with van der Waals surface area (Å²) < 4.78 is 18.6. The van der Waals surface area contributed by atoms with E-state index in [0.29, 0.717) is 44.2 Å². The van der Waals surface area contributed by atoms with Crippen molar-refractivity contribution >= 4 is 29.4 Å². The molecule has 3 amide bonds. The van der Waals surface area contributed by atoms with Crippen LogP contribution in [0.1, 0.15) is 74.2 Å². The van der Waals surface area contributed by atoms with Crippen molar-refractivity contribution in [1.82, 2.24) is 10.2 Å². The lowest BCUT2D eigenvalue weighted by Gasteiger charge is -2.37. The van der Waals surface area contributed by atoms with E-state index in [2.05, 4.69) is 18.5 Å². The Labute approximate surface area is 313 Å². The quantitative estimate of drug-likeness (QED) is 0.109. The lowest BCUT2D eigenvalue weighted by molar-refractivity contribution is -0.163. The fraction of sp³-hybridized carbons (Fsp3) is 0.524. The maximum absolute atomic E-state index is 15.0. The van der Waals surface area contributed by atoms with Crippen LogP contribution in [0.2, 0.25) is 0 Å². The van der Waals surface area contributed by atoms with Crippen LogP contribution in [0.25, 0.3) is 0 Å². The topological polar surface area (TPSA) is 135 Å².